The van der Waals surface area contributed by atoms with Crippen LogP contribution in [0.25, 0.3) is 0 Å². The Balaban J connectivity index is 1.87. The van der Waals surface area contributed by atoms with Gasteiger partial charge in [-0.15, -0.1) is 0 Å². The van der Waals surface area contributed by atoms with E-state index in [0.29, 0.717) is 50.6 Å². The van der Waals surface area contributed by atoms with Crippen molar-refractivity contribution in [2.45, 2.75) is 59.5 Å². The smallest absolute Gasteiger partial charge is 0.243 e. The average Bonchev–Trinajstić information content (AvgIpc) is 2.91. The first kappa shape index (κ1) is 28.8. The maximum Gasteiger partial charge on any atom is 0.243 e. The van der Waals surface area contributed by atoms with Crippen LogP contribution in [0, 0.1) is 6.92 Å². The first-order valence-corrected chi connectivity index (χ1v) is 13.5. The van der Waals surface area contributed by atoms with Gasteiger partial charge in [-0.05, 0) is 62.9 Å². The van der Waals surface area contributed by atoms with Crippen LogP contribution in [0.1, 0.15) is 49.4 Å². The van der Waals surface area contributed by atoms with Crippen LogP contribution in [0.4, 0.5) is 0 Å². The van der Waals surface area contributed by atoms with Crippen LogP contribution >= 0.6 is 0 Å². The number of hydrogen-bond acceptors (Lipinski definition) is 4. The number of rotatable bonds is 14. The van der Waals surface area contributed by atoms with Gasteiger partial charge in [0.1, 0.15) is 6.04 Å². The van der Waals surface area contributed by atoms with Gasteiger partial charge in [0, 0.05) is 25.9 Å². The highest BCUT2D eigenvalue weighted by molar-refractivity contribution is 5.88. The Hall–Kier alpha value is -3.80. The molecule has 6 nitrogen and oxygen atoms in total. The van der Waals surface area contributed by atoms with E-state index in [1.165, 1.54) is 0 Å². The summed E-state index contributed by atoms with van der Waals surface area (Å²) in [6.07, 6.45) is 1.25. The van der Waals surface area contributed by atoms with Crippen LogP contribution in [0.15, 0.2) is 72.8 Å². The lowest BCUT2D eigenvalue weighted by Gasteiger charge is -2.31. The Morgan fingerprint density at radius 3 is 2.21 bits per heavy atom. The Morgan fingerprint density at radius 1 is 0.816 bits per heavy atom. The summed E-state index contributed by atoms with van der Waals surface area (Å²) >= 11 is 0. The summed E-state index contributed by atoms with van der Waals surface area (Å²) in [5.41, 5.74) is 4.11. The molecule has 3 aromatic carbocycles. The summed E-state index contributed by atoms with van der Waals surface area (Å²) in [5, 5.41) is 2.95. The largest absolute Gasteiger partial charge is 0.490 e. The van der Waals surface area contributed by atoms with Crippen molar-refractivity contribution in [1.29, 1.82) is 0 Å². The molecule has 0 fully saturated rings. The Morgan fingerprint density at radius 2 is 1.53 bits per heavy atom. The van der Waals surface area contributed by atoms with E-state index < -0.39 is 6.04 Å². The summed E-state index contributed by atoms with van der Waals surface area (Å²) in [6.45, 7) is 9.74. The summed E-state index contributed by atoms with van der Waals surface area (Å²) in [7, 11) is 0. The van der Waals surface area contributed by atoms with E-state index in [0.717, 1.165) is 22.3 Å². The molecule has 1 N–H and O–H groups in total. The molecule has 0 saturated carbocycles. The van der Waals surface area contributed by atoms with Gasteiger partial charge in [-0.1, -0.05) is 66.2 Å². The average molecular weight is 517 g/mol. The van der Waals surface area contributed by atoms with E-state index in [4.69, 9.17) is 9.47 Å². The fraction of sp³-hybridized carbons (Fsp3) is 0.375. The summed E-state index contributed by atoms with van der Waals surface area (Å²) in [6, 6.07) is 23.1. The third-order valence-corrected chi connectivity index (χ3v) is 6.29. The van der Waals surface area contributed by atoms with Gasteiger partial charge in [0.05, 0.1) is 13.2 Å². The molecule has 0 radical (unpaired) electrons. The van der Waals surface area contributed by atoms with E-state index in [9.17, 15) is 9.59 Å². The van der Waals surface area contributed by atoms with Crippen molar-refractivity contribution in [2.75, 3.05) is 19.8 Å². The van der Waals surface area contributed by atoms with E-state index in [1.54, 1.807) is 4.90 Å². The number of likely N-dealkylation sites (N-methyl/N-ethyl adjacent to an activating group) is 1. The van der Waals surface area contributed by atoms with Gasteiger partial charge in [-0.2, -0.15) is 0 Å². The van der Waals surface area contributed by atoms with Crippen molar-refractivity contribution in [3.8, 4) is 11.5 Å². The van der Waals surface area contributed by atoms with Crippen LogP contribution in [0.5, 0.6) is 11.5 Å². The quantitative estimate of drug-likeness (QED) is 0.307. The van der Waals surface area contributed by atoms with Gasteiger partial charge in [0.25, 0.3) is 0 Å². The number of nitrogens with one attached hydrogen (secondary N) is 1. The van der Waals surface area contributed by atoms with E-state index in [2.05, 4.69) is 11.4 Å². The lowest BCUT2D eigenvalue weighted by molar-refractivity contribution is -0.141. The highest BCUT2D eigenvalue weighted by Crippen LogP contribution is 2.29. The third-order valence-electron chi connectivity index (χ3n) is 6.29. The minimum atomic E-state index is -0.621. The molecule has 1 atom stereocenters. The number of amides is 2. The third kappa shape index (κ3) is 8.37. The summed E-state index contributed by atoms with van der Waals surface area (Å²) in [4.78, 5) is 28.9. The molecule has 3 aromatic rings. The molecule has 0 spiro atoms. The number of ether oxygens (including phenoxy) is 2. The molecular weight excluding hydrogens is 476 g/mol. The number of aryl methyl sites for hydroxylation is 2. The zero-order valence-electron chi connectivity index (χ0n) is 23.0. The molecule has 0 aliphatic carbocycles. The van der Waals surface area contributed by atoms with Crippen LogP contribution in [0.3, 0.4) is 0 Å². The molecule has 6 heteroatoms. The maximum atomic E-state index is 13.8. The molecule has 0 aliphatic rings. The van der Waals surface area contributed by atoms with Gasteiger partial charge in [0.15, 0.2) is 11.5 Å². The fourth-order valence-electron chi connectivity index (χ4n) is 4.50. The molecule has 0 unspecified atom stereocenters. The normalized spacial score (nSPS) is 11.5. The zero-order valence-corrected chi connectivity index (χ0v) is 23.0. The minimum absolute atomic E-state index is 0.0643. The Kier molecular flexibility index (Phi) is 11.2. The molecule has 202 valence electrons. The molecule has 0 aliphatic heterocycles. The second kappa shape index (κ2) is 14.8. The Labute approximate surface area is 227 Å². The van der Waals surface area contributed by atoms with Crippen LogP contribution in [0.2, 0.25) is 0 Å². The zero-order chi connectivity index (χ0) is 27.3. The first-order chi connectivity index (χ1) is 18.4. The van der Waals surface area contributed by atoms with Crippen molar-refractivity contribution in [3.63, 3.8) is 0 Å². The summed E-state index contributed by atoms with van der Waals surface area (Å²) < 4.78 is 11.4. The number of benzene rings is 3. The van der Waals surface area contributed by atoms with Gasteiger partial charge < -0.3 is 19.7 Å². The lowest BCUT2D eigenvalue weighted by atomic mass is 10.0. The number of carbonyl (C=O) groups excluding carboxylic acids is 2. The van der Waals surface area contributed by atoms with Crippen LogP contribution < -0.4 is 14.8 Å². The molecule has 0 aromatic heterocycles. The van der Waals surface area contributed by atoms with Gasteiger partial charge in [0.2, 0.25) is 11.8 Å². The second-order valence-electron chi connectivity index (χ2n) is 9.26. The SMILES string of the molecule is CCNC(=O)[C@@H](Cc1ccccc1)N(Cc1cccc(C)c1)C(=O)CCc1ccc(OCC)c(OCC)c1. The van der Waals surface area contributed by atoms with Crippen molar-refractivity contribution in [3.05, 3.63) is 95.1 Å². The molecule has 3 rings (SSSR count). The van der Waals surface area contributed by atoms with E-state index in [1.807, 2.05) is 94.4 Å². The second-order valence-corrected chi connectivity index (χ2v) is 9.26. The topological polar surface area (TPSA) is 67.9 Å². The first-order valence-electron chi connectivity index (χ1n) is 13.5. The lowest BCUT2D eigenvalue weighted by Crippen LogP contribution is -2.50. The Bertz CT molecular complexity index is 1180. The highest BCUT2D eigenvalue weighted by atomic mass is 16.5. The van der Waals surface area contributed by atoms with Crippen molar-refractivity contribution >= 4 is 11.8 Å². The van der Waals surface area contributed by atoms with Crippen molar-refractivity contribution in [1.82, 2.24) is 10.2 Å². The van der Waals surface area contributed by atoms with Crippen LogP contribution in [-0.4, -0.2) is 42.5 Å². The van der Waals surface area contributed by atoms with Crippen LogP contribution in [-0.2, 0) is 29.0 Å². The number of carbonyl (C=O) groups is 2. The molecule has 2 amide bonds. The van der Waals surface area contributed by atoms with E-state index >= 15 is 0 Å². The summed E-state index contributed by atoms with van der Waals surface area (Å²) in [5.74, 6) is 1.17. The molecule has 0 saturated heterocycles. The fourth-order valence-corrected chi connectivity index (χ4v) is 4.50. The predicted molar refractivity (Wildman–Crippen MR) is 151 cm³/mol. The molecule has 38 heavy (non-hydrogen) atoms. The monoisotopic (exact) mass is 516 g/mol. The predicted octanol–water partition coefficient (Wildman–Crippen LogP) is 5.50. The highest BCUT2D eigenvalue weighted by Gasteiger charge is 2.30. The molecule has 0 heterocycles. The standard InChI is InChI=1S/C32H40N2O4/c1-5-33-32(36)28(21-25-13-9-8-10-14-25)34(23-27-15-11-12-24(4)20-27)31(35)19-17-26-16-18-29(37-6-2)30(22-26)38-7-3/h8-16,18,20,22,28H,5-7,17,19,21,23H2,1-4H3,(H,33,36)/t28-/m1/s1. The van der Waals surface area contributed by atoms with Gasteiger partial charge >= 0.3 is 0 Å². The maximum absolute atomic E-state index is 13.8. The molecular formula is C32H40N2O4. The molecule has 0 bridgehead atoms. The van der Waals surface area contributed by atoms with Crippen molar-refractivity contribution in [2.24, 2.45) is 0 Å². The number of nitrogens with zero attached hydrogens (tertiary/aromatic N) is 1. The number of hydrogen-bond donors (Lipinski definition) is 1. The van der Waals surface area contributed by atoms with Gasteiger partial charge in [-0.3, -0.25) is 9.59 Å². The van der Waals surface area contributed by atoms with E-state index in [-0.39, 0.29) is 18.2 Å². The van der Waals surface area contributed by atoms with Crippen molar-refractivity contribution < 1.29 is 19.1 Å². The minimum Gasteiger partial charge on any atom is -0.490 e. The van der Waals surface area contributed by atoms with Gasteiger partial charge in [-0.25, -0.2) is 0 Å².